The molecule has 1 atom stereocenters. The number of rotatable bonds is 10. The minimum Gasteiger partial charge on any atom is -0.497 e. The number of hydrogen-bond donors (Lipinski definition) is 2. The van der Waals surface area contributed by atoms with Gasteiger partial charge in [-0.05, 0) is 31.2 Å². The van der Waals surface area contributed by atoms with E-state index in [1.807, 2.05) is 6.92 Å². The van der Waals surface area contributed by atoms with Crippen molar-refractivity contribution in [1.82, 2.24) is 10.4 Å². The zero-order chi connectivity index (χ0) is 25.4. The number of carbonyl (C=O) groups excluding carboxylic acids is 4. The number of methoxy groups -OCH3 is 2. The lowest BCUT2D eigenvalue weighted by Gasteiger charge is -2.18. The minimum absolute atomic E-state index is 0.0840. The quantitative estimate of drug-likeness (QED) is 0.487. The van der Waals surface area contributed by atoms with Crippen LogP contribution in [0.25, 0.3) is 0 Å². The molecule has 0 aromatic heterocycles. The normalized spacial score (nSPS) is 14.8. The first kappa shape index (κ1) is 25.3. The van der Waals surface area contributed by atoms with Crippen LogP contribution in [0.5, 0.6) is 17.2 Å². The summed E-state index contributed by atoms with van der Waals surface area (Å²) in [5.74, 6) is -1.81. The van der Waals surface area contributed by atoms with Crippen molar-refractivity contribution in [3.05, 3.63) is 48.0 Å². The molecule has 0 radical (unpaired) electrons. The topological polar surface area (TPSA) is 132 Å². The average molecular weight is 485 g/mol. The Kier molecular flexibility index (Phi) is 8.49. The Bertz CT molecular complexity index is 1080. The minimum atomic E-state index is -0.828. The molecule has 3 rings (SSSR count). The van der Waals surface area contributed by atoms with Crippen molar-refractivity contribution >= 4 is 29.4 Å². The molecule has 11 heteroatoms. The van der Waals surface area contributed by atoms with Gasteiger partial charge in [-0.3, -0.25) is 29.6 Å². The average Bonchev–Trinajstić information content (AvgIpc) is 3.23. The molecule has 3 amide bonds. The molecule has 2 aromatic rings. The van der Waals surface area contributed by atoms with Crippen LogP contribution in [0.4, 0.5) is 5.69 Å². The van der Waals surface area contributed by atoms with Crippen molar-refractivity contribution in [3.8, 4) is 17.2 Å². The Labute approximate surface area is 202 Å². The molecule has 11 nitrogen and oxygen atoms in total. The summed E-state index contributed by atoms with van der Waals surface area (Å²) in [6.45, 7) is 1.64. The number of para-hydroxylation sites is 2. The lowest BCUT2D eigenvalue weighted by atomic mass is 10.1. The van der Waals surface area contributed by atoms with Crippen molar-refractivity contribution < 1.29 is 38.1 Å². The number of benzene rings is 2. The predicted molar refractivity (Wildman–Crippen MR) is 124 cm³/mol. The van der Waals surface area contributed by atoms with E-state index in [2.05, 4.69) is 10.7 Å². The van der Waals surface area contributed by atoms with Gasteiger partial charge in [0.05, 0.1) is 39.0 Å². The Hall–Kier alpha value is -4.28. The zero-order valence-electron chi connectivity index (χ0n) is 19.7. The highest BCUT2D eigenvalue weighted by Crippen LogP contribution is 2.25. The molecule has 1 aliphatic heterocycles. The maximum atomic E-state index is 12.6. The van der Waals surface area contributed by atoms with Crippen molar-refractivity contribution in [3.63, 3.8) is 0 Å². The van der Waals surface area contributed by atoms with E-state index in [1.165, 1.54) is 26.4 Å². The molecule has 1 heterocycles. The van der Waals surface area contributed by atoms with Crippen LogP contribution in [0.2, 0.25) is 0 Å². The summed E-state index contributed by atoms with van der Waals surface area (Å²) in [4.78, 5) is 49.6. The highest BCUT2D eigenvalue weighted by atomic mass is 16.5. The second kappa shape index (κ2) is 11.7. The summed E-state index contributed by atoms with van der Waals surface area (Å²) < 4.78 is 20.8. The van der Waals surface area contributed by atoms with Crippen LogP contribution < -0.4 is 25.0 Å². The van der Waals surface area contributed by atoms with Crippen molar-refractivity contribution in [1.29, 1.82) is 0 Å². The highest BCUT2D eigenvalue weighted by Gasteiger charge is 2.37. The third kappa shape index (κ3) is 6.62. The van der Waals surface area contributed by atoms with Crippen LogP contribution in [0.15, 0.2) is 42.5 Å². The Morgan fingerprint density at radius 2 is 1.74 bits per heavy atom. The van der Waals surface area contributed by atoms with E-state index >= 15 is 0 Å². The summed E-state index contributed by atoms with van der Waals surface area (Å²) in [7, 11) is 2.91. The first-order valence-corrected chi connectivity index (χ1v) is 10.9. The molecule has 186 valence electrons. The Balaban J connectivity index is 1.53. The molecular formula is C24H27N3O8. The molecule has 35 heavy (non-hydrogen) atoms. The number of carbonyl (C=O) groups is 4. The molecule has 0 spiro atoms. The number of esters is 1. The third-order valence-electron chi connectivity index (χ3n) is 5.12. The van der Waals surface area contributed by atoms with E-state index < -0.39 is 36.2 Å². The van der Waals surface area contributed by atoms with Gasteiger partial charge in [-0.25, -0.2) is 0 Å². The van der Waals surface area contributed by atoms with Gasteiger partial charge in [0, 0.05) is 18.1 Å². The number of amides is 3. The molecule has 1 saturated heterocycles. The van der Waals surface area contributed by atoms with Gasteiger partial charge < -0.3 is 24.3 Å². The van der Waals surface area contributed by atoms with Gasteiger partial charge in [-0.15, -0.1) is 0 Å². The van der Waals surface area contributed by atoms with Crippen LogP contribution in [0, 0.1) is 5.92 Å². The zero-order valence-corrected chi connectivity index (χ0v) is 19.7. The number of ether oxygens (including phenoxy) is 4. The van der Waals surface area contributed by atoms with Gasteiger partial charge in [0.15, 0.2) is 6.61 Å². The lowest BCUT2D eigenvalue weighted by molar-refractivity contribution is -0.151. The van der Waals surface area contributed by atoms with Gasteiger partial charge in [0.2, 0.25) is 5.91 Å². The summed E-state index contributed by atoms with van der Waals surface area (Å²) in [6.07, 6.45) is -0.157. The van der Waals surface area contributed by atoms with Crippen LogP contribution in [0.1, 0.15) is 23.7 Å². The summed E-state index contributed by atoms with van der Waals surface area (Å²) >= 11 is 0. The van der Waals surface area contributed by atoms with E-state index in [0.29, 0.717) is 29.5 Å². The summed E-state index contributed by atoms with van der Waals surface area (Å²) in [5, 5.41) is 3.68. The first-order valence-electron chi connectivity index (χ1n) is 10.9. The molecule has 0 unspecified atom stereocenters. The number of anilines is 1. The molecule has 2 aromatic carbocycles. The molecule has 0 bridgehead atoms. The highest BCUT2D eigenvalue weighted by molar-refractivity contribution is 5.97. The maximum absolute atomic E-state index is 12.6. The predicted octanol–water partition coefficient (Wildman–Crippen LogP) is 1.78. The fourth-order valence-corrected chi connectivity index (χ4v) is 3.39. The lowest BCUT2D eigenvalue weighted by Crippen LogP contribution is -2.43. The number of hydrazine groups is 1. The summed E-state index contributed by atoms with van der Waals surface area (Å²) in [6, 6.07) is 11.5. The van der Waals surface area contributed by atoms with Gasteiger partial charge in [-0.2, -0.15) is 0 Å². The SMILES string of the molecule is CCOc1ccccc1NC(=O)COC(=O)[C@H]1CC(=O)N(NC(=O)c2cc(OC)cc(OC)c2)C1. The Morgan fingerprint density at radius 1 is 1.06 bits per heavy atom. The fraction of sp³-hybridized carbons (Fsp3) is 0.333. The molecule has 1 aliphatic rings. The fourth-order valence-electron chi connectivity index (χ4n) is 3.39. The largest absolute Gasteiger partial charge is 0.497 e. The van der Waals surface area contributed by atoms with Gasteiger partial charge in [0.25, 0.3) is 11.8 Å². The van der Waals surface area contributed by atoms with Crippen molar-refractivity contribution in [2.24, 2.45) is 5.92 Å². The Morgan fingerprint density at radius 3 is 2.40 bits per heavy atom. The van der Waals surface area contributed by atoms with E-state index in [0.717, 1.165) is 5.01 Å². The van der Waals surface area contributed by atoms with Crippen molar-refractivity contribution in [2.75, 3.05) is 39.3 Å². The van der Waals surface area contributed by atoms with Crippen molar-refractivity contribution in [2.45, 2.75) is 13.3 Å². The number of hydrogen-bond acceptors (Lipinski definition) is 8. The maximum Gasteiger partial charge on any atom is 0.311 e. The van der Waals surface area contributed by atoms with Crippen LogP contribution in [-0.2, 0) is 19.1 Å². The molecular weight excluding hydrogens is 458 g/mol. The standard InChI is InChI=1S/C24H27N3O8/c1-4-34-20-8-6-5-7-19(20)25-21(28)14-35-24(31)16-11-22(29)27(13-16)26-23(30)15-9-17(32-2)12-18(10-15)33-3/h5-10,12,16H,4,11,13-14H2,1-3H3,(H,25,28)(H,26,30)/t16-/m0/s1. The van der Waals surface area contributed by atoms with Crippen LogP contribution in [-0.4, -0.2) is 62.7 Å². The molecule has 0 aliphatic carbocycles. The van der Waals surface area contributed by atoms with Gasteiger partial charge in [-0.1, -0.05) is 12.1 Å². The van der Waals surface area contributed by atoms with E-state index in [9.17, 15) is 19.2 Å². The van der Waals surface area contributed by atoms with Crippen LogP contribution >= 0.6 is 0 Å². The third-order valence-corrected chi connectivity index (χ3v) is 5.12. The van der Waals surface area contributed by atoms with Gasteiger partial charge in [0.1, 0.15) is 17.2 Å². The smallest absolute Gasteiger partial charge is 0.311 e. The van der Waals surface area contributed by atoms with Gasteiger partial charge >= 0.3 is 5.97 Å². The van der Waals surface area contributed by atoms with E-state index in [1.54, 1.807) is 30.3 Å². The number of nitrogens with one attached hydrogen (secondary N) is 2. The summed E-state index contributed by atoms with van der Waals surface area (Å²) in [5.41, 5.74) is 3.15. The molecule has 0 saturated carbocycles. The first-order chi connectivity index (χ1) is 16.8. The van der Waals surface area contributed by atoms with E-state index in [-0.39, 0.29) is 18.5 Å². The second-order valence-corrected chi connectivity index (χ2v) is 7.53. The number of nitrogens with zero attached hydrogens (tertiary/aromatic N) is 1. The van der Waals surface area contributed by atoms with Crippen LogP contribution in [0.3, 0.4) is 0 Å². The molecule has 1 fully saturated rings. The second-order valence-electron chi connectivity index (χ2n) is 7.53. The monoisotopic (exact) mass is 485 g/mol. The van der Waals surface area contributed by atoms with E-state index in [4.69, 9.17) is 18.9 Å². The molecule has 2 N–H and O–H groups in total.